The van der Waals surface area contributed by atoms with E-state index in [-0.39, 0.29) is 0 Å². The van der Waals surface area contributed by atoms with E-state index in [1.54, 1.807) is 0 Å². The van der Waals surface area contributed by atoms with Crippen LogP contribution in [0.2, 0.25) is 0 Å². The van der Waals surface area contributed by atoms with Crippen LogP contribution in [0.15, 0.2) is 0 Å². The first-order chi connectivity index (χ1) is 3.93. The zero-order valence-electron chi connectivity index (χ0n) is 4.93. The summed E-state index contributed by atoms with van der Waals surface area (Å²) in [5.41, 5.74) is 0. The minimum atomic E-state index is 0.546. The van der Waals surface area contributed by atoms with Crippen LogP contribution in [0.5, 0.6) is 0 Å². The minimum Gasteiger partial charge on any atom is -0.377 e. The predicted molar refractivity (Wildman–Crippen MR) is 30.3 cm³/mol. The Morgan fingerprint density at radius 3 is 2.62 bits per heavy atom. The number of hydrogen-bond acceptors (Lipinski definition) is 2. The molecule has 0 aromatic heterocycles. The van der Waals surface area contributed by atoms with Gasteiger partial charge in [0.1, 0.15) is 0 Å². The van der Waals surface area contributed by atoms with Crippen molar-refractivity contribution in [3.8, 4) is 0 Å². The van der Waals surface area contributed by atoms with Gasteiger partial charge in [0.2, 0.25) is 0 Å². The van der Waals surface area contributed by atoms with Crippen LogP contribution >= 0.6 is 0 Å². The molecule has 47 valence electrons. The number of hydrogen-bond donors (Lipinski definition) is 0. The Kier molecular flexibility index (Phi) is 2.30. The van der Waals surface area contributed by atoms with Crippen LogP contribution in [0.1, 0.15) is 12.8 Å². The smallest absolute Gasteiger partial charge is 0.0704 e. The molecule has 1 saturated carbocycles. The van der Waals surface area contributed by atoms with Crippen LogP contribution in [0.3, 0.4) is 0 Å². The Hall–Kier alpha value is -0.0800. The van der Waals surface area contributed by atoms with E-state index in [1.165, 1.54) is 12.8 Å². The molecule has 0 aliphatic heterocycles. The Bertz CT molecular complexity index is 59.5. The maximum absolute atomic E-state index is 5.23. The Morgan fingerprint density at radius 1 is 1.38 bits per heavy atom. The highest BCUT2D eigenvalue weighted by atomic mass is 16.5. The highest BCUT2D eigenvalue weighted by Crippen LogP contribution is 2.22. The van der Waals surface area contributed by atoms with Crippen molar-refractivity contribution >= 4 is 0 Å². The molecule has 0 saturated heterocycles. The molecule has 1 fully saturated rings. The zero-order valence-corrected chi connectivity index (χ0v) is 4.93. The summed E-state index contributed by atoms with van der Waals surface area (Å²) >= 11 is 0. The van der Waals surface area contributed by atoms with Gasteiger partial charge in [-0.15, -0.1) is 0 Å². The Balaban J connectivity index is 1.74. The first-order valence-corrected chi connectivity index (χ1v) is 2.92. The molecule has 0 unspecified atom stereocenters. The van der Waals surface area contributed by atoms with E-state index in [0.29, 0.717) is 19.3 Å². The van der Waals surface area contributed by atoms with Crippen molar-refractivity contribution in [3.63, 3.8) is 0 Å². The fraction of sp³-hybridized carbons (Fsp3) is 0.833. The molecular formula is C6H11O2. The van der Waals surface area contributed by atoms with Crippen LogP contribution < -0.4 is 0 Å². The second-order valence-corrected chi connectivity index (χ2v) is 1.98. The average Bonchev–Trinajstić information content (AvgIpc) is 2.51. The third kappa shape index (κ3) is 2.28. The van der Waals surface area contributed by atoms with E-state index in [9.17, 15) is 0 Å². The summed E-state index contributed by atoms with van der Waals surface area (Å²) in [6.45, 7) is 1.32. The molecule has 1 aliphatic carbocycles. The van der Waals surface area contributed by atoms with E-state index >= 15 is 0 Å². The predicted octanol–water partition coefficient (Wildman–Crippen LogP) is 0.974. The van der Waals surface area contributed by atoms with Crippen molar-refractivity contribution in [2.24, 2.45) is 0 Å². The van der Waals surface area contributed by atoms with E-state index in [0.717, 1.165) is 0 Å². The first-order valence-electron chi connectivity index (χ1n) is 2.92. The van der Waals surface area contributed by atoms with E-state index < -0.39 is 0 Å². The molecule has 0 spiro atoms. The van der Waals surface area contributed by atoms with Crippen LogP contribution in [-0.2, 0) is 9.47 Å². The van der Waals surface area contributed by atoms with Gasteiger partial charge in [-0.25, -0.2) is 0 Å². The molecule has 1 aliphatic rings. The summed E-state index contributed by atoms with van der Waals surface area (Å²) in [5.74, 6) is 0. The quantitative estimate of drug-likeness (QED) is 0.508. The summed E-state index contributed by atoms with van der Waals surface area (Å²) in [6, 6.07) is 0. The summed E-state index contributed by atoms with van der Waals surface area (Å²) in [4.78, 5) is 0. The van der Waals surface area contributed by atoms with Crippen molar-refractivity contribution in [3.05, 3.63) is 7.11 Å². The SMILES string of the molecule is [CH2]OCCOC1CC1. The molecule has 2 heteroatoms. The summed E-state index contributed by atoms with van der Waals surface area (Å²) < 4.78 is 9.77. The third-order valence-electron chi connectivity index (χ3n) is 1.11. The van der Waals surface area contributed by atoms with Crippen LogP contribution in [0.25, 0.3) is 0 Å². The molecule has 0 aromatic carbocycles. The lowest BCUT2D eigenvalue weighted by Gasteiger charge is -1.97. The summed E-state index contributed by atoms with van der Waals surface area (Å²) in [5, 5.41) is 0. The fourth-order valence-electron chi connectivity index (χ4n) is 0.508. The molecule has 2 nitrogen and oxygen atoms in total. The maximum Gasteiger partial charge on any atom is 0.0704 e. The maximum atomic E-state index is 5.23. The standard InChI is InChI=1S/C6H11O2/c1-7-4-5-8-6-2-3-6/h6H,1-5H2. The van der Waals surface area contributed by atoms with Gasteiger partial charge in [-0.05, 0) is 12.8 Å². The van der Waals surface area contributed by atoms with Crippen molar-refractivity contribution in [1.82, 2.24) is 0 Å². The van der Waals surface area contributed by atoms with Crippen molar-refractivity contribution in [2.45, 2.75) is 18.9 Å². The molecule has 0 atom stereocenters. The van der Waals surface area contributed by atoms with Gasteiger partial charge in [-0.2, -0.15) is 0 Å². The number of ether oxygens (including phenoxy) is 2. The minimum absolute atomic E-state index is 0.546. The van der Waals surface area contributed by atoms with Gasteiger partial charge in [0.05, 0.1) is 26.4 Å². The van der Waals surface area contributed by atoms with Crippen LogP contribution in [0.4, 0.5) is 0 Å². The number of rotatable bonds is 4. The van der Waals surface area contributed by atoms with Crippen molar-refractivity contribution < 1.29 is 9.47 Å². The monoisotopic (exact) mass is 115 g/mol. The molecule has 0 aromatic rings. The molecule has 0 N–H and O–H groups in total. The van der Waals surface area contributed by atoms with Gasteiger partial charge in [-0.1, -0.05) is 0 Å². The topological polar surface area (TPSA) is 18.5 Å². The third-order valence-corrected chi connectivity index (χ3v) is 1.11. The molecule has 8 heavy (non-hydrogen) atoms. The summed E-state index contributed by atoms with van der Waals surface area (Å²) in [7, 11) is 3.22. The lowest BCUT2D eigenvalue weighted by atomic mass is 10.7. The van der Waals surface area contributed by atoms with Gasteiger partial charge >= 0.3 is 0 Å². The van der Waals surface area contributed by atoms with Crippen molar-refractivity contribution in [2.75, 3.05) is 13.2 Å². The molecule has 1 radical (unpaired) electrons. The molecular weight excluding hydrogens is 104 g/mol. The van der Waals surface area contributed by atoms with Crippen LogP contribution in [0, 0.1) is 7.11 Å². The molecule has 1 rings (SSSR count). The van der Waals surface area contributed by atoms with Gasteiger partial charge < -0.3 is 9.47 Å². The molecule has 0 amide bonds. The molecule has 0 heterocycles. The highest BCUT2D eigenvalue weighted by Gasteiger charge is 2.21. The van der Waals surface area contributed by atoms with E-state index in [2.05, 4.69) is 11.8 Å². The normalized spacial score (nSPS) is 19.1. The second kappa shape index (κ2) is 3.05. The average molecular weight is 115 g/mol. The van der Waals surface area contributed by atoms with Crippen molar-refractivity contribution in [1.29, 1.82) is 0 Å². The lowest BCUT2D eigenvalue weighted by molar-refractivity contribution is 0.0723. The highest BCUT2D eigenvalue weighted by molar-refractivity contribution is 4.72. The summed E-state index contributed by atoms with van der Waals surface area (Å²) in [6.07, 6.45) is 3.01. The fourth-order valence-corrected chi connectivity index (χ4v) is 0.508. The largest absolute Gasteiger partial charge is 0.377 e. The lowest BCUT2D eigenvalue weighted by Crippen LogP contribution is -2.01. The zero-order chi connectivity index (χ0) is 5.82. The Labute approximate surface area is 49.8 Å². The second-order valence-electron chi connectivity index (χ2n) is 1.98. The van der Waals surface area contributed by atoms with Gasteiger partial charge in [0.25, 0.3) is 0 Å². The van der Waals surface area contributed by atoms with Gasteiger partial charge in [-0.3, -0.25) is 0 Å². The molecule has 0 bridgehead atoms. The van der Waals surface area contributed by atoms with Gasteiger partial charge in [0, 0.05) is 0 Å². The van der Waals surface area contributed by atoms with Crippen LogP contribution in [-0.4, -0.2) is 19.3 Å². The van der Waals surface area contributed by atoms with Gasteiger partial charge in [0.15, 0.2) is 0 Å². The Morgan fingerprint density at radius 2 is 2.12 bits per heavy atom. The first kappa shape index (κ1) is 6.05. The van der Waals surface area contributed by atoms with E-state index in [1.807, 2.05) is 0 Å². The van der Waals surface area contributed by atoms with E-state index in [4.69, 9.17) is 4.74 Å².